The van der Waals surface area contributed by atoms with Crippen molar-refractivity contribution in [2.24, 2.45) is 0 Å². The largest absolute Gasteiger partial charge is 0.307 e. The summed E-state index contributed by atoms with van der Waals surface area (Å²) in [5, 5.41) is 11.7. The SMILES string of the molecule is CCN(C(=O)c1ccccc1[N+](=O)[O-])c1ccc(Cl)cc1I. The number of carbonyl (C=O) groups excluding carboxylic acids is 1. The Hall–Kier alpha value is -1.67. The molecule has 0 aromatic heterocycles. The summed E-state index contributed by atoms with van der Waals surface area (Å²) in [4.78, 5) is 24.8. The molecule has 0 fully saturated rings. The quantitative estimate of drug-likeness (QED) is 0.407. The van der Waals surface area contributed by atoms with Crippen molar-refractivity contribution >= 4 is 51.5 Å². The summed E-state index contributed by atoms with van der Waals surface area (Å²) < 4.78 is 0.805. The number of nitrogens with zero attached hydrogens (tertiary/aromatic N) is 2. The second-order valence-electron chi connectivity index (χ2n) is 4.42. The molecule has 0 N–H and O–H groups in total. The number of nitro groups is 1. The molecule has 0 unspecified atom stereocenters. The Morgan fingerprint density at radius 2 is 2.00 bits per heavy atom. The topological polar surface area (TPSA) is 63.5 Å². The Morgan fingerprint density at radius 3 is 2.59 bits per heavy atom. The molecule has 0 radical (unpaired) electrons. The molecule has 0 aliphatic rings. The fourth-order valence-corrected chi connectivity index (χ4v) is 3.25. The van der Waals surface area contributed by atoms with Crippen molar-refractivity contribution in [1.29, 1.82) is 0 Å². The van der Waals surface area contributed by atoms with Crippen LogP contribution >= 0.6 is 34.2 Å². The van der Waals surface area contributed by atoms with Gasteiger partial charge < -0.3 is 4.90 Å². The van der Waals surface area contributed by atoms with E-state index in [2.05, 4.69) is 22.6 Å². The van der Waals surface area contributed by atoms with Crippen LogP contribution in [0.4, 0.5) is 11.4 Å². The van der Waals surface area contributed by atoms with E-state index in [4.69, 9.17) is 11.6 Å². The van der Waals surface area contributed by atoms with Gasteiger partial charge in [-0.3, -0.25) is 14.9 Å². The van der Waals surface area contributed by atoms with Gasteiger partial charge in [-0.15, -0.1) is 0 Å². The second kappa shape index (κ2) is 7.06. The monoisotopic (exact) mass is 430 g/mol. The van der Waals surface area contributed by atoms with Crippen LogP contribution in [-0.2, 0) is 0 Å². The lowest BCUT2D eigenvalue weighted by Crippen LogP contribution is -2.31. The van der Waals surface area contributed by atoms with Crippen LogP contribution in [0.1, 0.15) is 17.3 Å². The maximum atomic E-state index is 12.7. The third-order valence-electron chi connectivity index (χ3n) is 3.09. The molecule has 2 aromatic carbocycles. The van der Waals surface area contributed by atoms with Crippen LogP contribution < -0.4 is 4.90 Å². The van der Waals surface area contributed by atoms with Gasteiger partial charge in [-0.05, 0) is 53.8 Å². The van der Waals surface area contributed by atoms with Crippen molar-refractivity contribution in [3.8, 4) is 0 Å². The van der Waals surface area contributed by atoms with Crippen LogP contribution in [0.2, 0.25) is 5.02 Å². The summed E-state index contributed by atoms with van der Waals surface area (Å²) >= 11 is 8.02. The molecule has 2 rings (SSSR count). The molecule has 2 aromatic rings. The normalized spacial score (nSPS) is 10.3. The van der Waals surface area contributed by atoms with Gasteiger partial charge in [-0.1, -0.05) is 23.7 Å². The number of para-hydroxylation sites is 1. The van der Waals surface area contributed by atoms with Gasteiger partial charge in [0.05, 0.1) is 10.6 Å². The van der Waals surface area contributed by atoms with Crippen LogP contribution in [-0.4, -0.2) is 17.4 Å². The van der Waals surface area contributed by atoms with Crippen LogP contribution in [0.15, 0.2) is 42.5 Å². The lowest BCUT2D eigenvalue weighted by molar-refractivity contribution is -0.385. The van der Waals surface area contributed by atoms with E-state index in [1.165, 1.54) is 23.1 Å². The molecule has 0 heterocycles. The van der Waals surface area contributed by atoms with Gasteiger partial charge in [0, 0.05) is 21.2 Å². The molecular weight excluding hydrogens is 419 g/mol. The van der Waals surface area contributed by atoms with Gasteiger partial charge in [0.2, 0.25) is 0 Å². The highest BCUT2D eigenvalue weighted by Gasteiger charge is 2.25. The predicted molar refractivity (Wildman–Crippen MR) is 94.6 cm³/mol. The van der Waals surface area contributed by atoms with Crippen molar-refractivity contribution in [2.45, 2.75) is 6.92 Å². The number of amides is 1. The highest BCUT2D eigenvalue weighted by atomic mass is 127. The van der Waals surface area contributed by atoms with Crippen molar-refractivity contribution < 1.29 is 9.72 Å². The first-order valence-electron chi connectivity index (χ1n) is 6.46. The minimum Gasteiger partial charge on any atom is -0.307 e. The van der Waals surface area contributed by atoms with Crippen LogP contribution in [0.25, 0.3) is 0 Å². The Kier molecular flexibility index (Phi) is 5.36. The van der Waals surface area contributed by atoms with E-state index in [0.717, 1.165) is 3.57 Å². The number of hydrogen-bond acceptors (Lipinski definition) is 3. The smallest absolute Gasteiger partial charge is 0.282 e. The first-order valence-corrected chi connectivity index (χ1v) is 7.91. The molecule has 0 saturated carbocycles. The fraction of sp³-hybridized carbons (Fsp3) is 0.133. The summed E-state index contributed by atoms with van der Waals surface area (Å²) in [5.74, 6) is -0.407. The molecular formula is C15H12ClIN2O3. The molecule has 0 atom stereocenters. The van der Waals surface area contributed by atoms with Crippen LogP contribution in [0, 0.1) is 13.7 Å². The average Bonchev–Trinajstić information content (AvgIpc) is 2.49. The van der Waals surface area contributed by atoms with E-state index >= 15 is 0 Å². The van der Waals surface area contributed by atoms with Crippen molar-refractivity contribution in [1.82, 2.24) is 0 Å². The maximum Gasteiger partial charge on any atom is 0.282 e. The number of hydrogen-bond donors (Lipinski definition) is 0. The molecule has 7 heteroatoms. The predicted octanol–water partition coefficient (Wildman–Crippen LogP) is 4.52. The minimum atomic E-state index is -0.548. The van der Waals surface area contributed by atoms with E-state index in [-0.39, 0.29) is 11.3 Å². The van der Waals surface area contributed by atoms with Crippen molar-refractivity contribution in [2.75, 3.05) is 11.4 Å². The molecule has 114 valence electrons. The number of benzene rings is 2. The van der Waals surface area contributed by atoms with Crippen LogP contribution in [0.3, 0.4) is 0 Å². The minimum absolute atomic E-state index is 0.0695. The zero-order valence-corrected chi connectivity index (χ0v) is 14.5. The van der Waals surface area contributed by atoms with E-state index in [1.54, 1.807) is 24.3 Å². The first-order chi connectivity index (χ1) is 10.5. The molecule has 0 spiro atoms. The number of carbonyl (C=O) groups is 1. The number of anilines is 1. The molecule has 5 nitrogen and oxygen atoms in total. The van der Waals surface area contributed by atoms with Gasteiger partial charge >= 0.3 is 0 Å². The molecule has 1 amide bonds. The number of halogens is 2. The molecule has 0 aliphatic heterocycles. The standard InChI is InChI=1S/C15H12ClIN2O3/c1-2-18(14-8-7-10(16)9-12(14)17)15(20)11-5-3-4-6-13(11)19(21)22/h3-9H,2H2,1H3. The molecule has 0 aliphatic carbocycles. The molecule has 0 bridgehead atoms. The molecule has 0 saturated heterocycles. The highest BCUT2D eigenvalue weighted by molar-refractivity contribution is 14.1. The highest BCUT2D eigenvalue weighted by Crippen LogP contribution is 2.28. The van der Waals surface area contributed by atoms with Gasteiger partial charge in [-0.25, -0.2) is 0 Å². The lowest BCUT2D eigenvalue weighted by Gasteiger charge is -2.22. The Balaban J connectivity index is 2.48. The lowest BCUT2D eigenvalue weighted by atomic mass is 10.1. The summed E-state index contributed by atoms with van der Waals surface area (Å²) in [7, 11) is 0. The summed E-state index contributed by atoms with van der Waals surface area (Å²) in [6.07, 6.45) is 0. The van der Waals surface area contributed by atoms with E-state index in [9.17, 15) is 14.9 Å². The van der Waals surface area contributed by atoms with E-state index in [1.807, 2.05) is 6.92 Å². The average molecular weight is 431 g/mol. The van der Waals surface area contributed by atoms with Crippen molar-refractivity contribution in [3.05, 3.63) is 66.7 Å². The maximum absolute atomic E-state index is 12.7. The zero-order valence-electron chi connectivity index (χ0n) is 11.6. The third kappa shape index (κ3) is 3.38. The van der Waals surface area contributed by atoms with Crippen molar-refractivity contribution in [3.63, 3.8) is 0 Å². The Morgan fingerprint density at radius 1 is 1.32 bits per heavy atom. The summed E-state index contributed by atoms with van der Waals surface area (Å²) in [6, 6.07) is 11.1. The van der Waals surface area contributed by atoms with Gasteiger partial charge in [0.15, 0.2) is 0 Å². The Bertz CT molecular complexity index is 736. The van der Waals surface area contributed by atoms with Gasteiger partial charge in [0.25, 0.3) is 11.6 Å². The number of rotatable bonds is 4. The fourth-order valence-electron chi connectivity index (χ4n) is 2.08. The number of nitro benzene ring substituents is 1. The van der Waals surface area contributed by atoms with Gasteiger partial charge in [-0.2, -0.15) is 0 Å². The van der Waals surface area contributed by atoms with Crippen LogP contribution in [0.5, 0.6) is 0 Å². The molecule has 22 heavy (non-hydrogen) atoms. The van der Waals surface area contributed by atoms with E-state index in [0.29, 0.717) is 17.3 Å². The zero-order chi connectivity index (χ0) is 16.3. The Labute approximate surface area is 146 Å². The third-order valence-corrected chi connectivity index (χ3v) is 4.19. The van der Waals surface area contributed by atoms with Gasteiger partial charge in [0.1, 0.15) is 5.56 Å². The van der Waals surface area contributed by atoms with E-state index < -0.39 is 10.8 Å². The first kappa shape index (κ1) is 16.7. The second-order valence-corrected chi connectivity index (χ2v) is 6.02. The summed E-state index contributed by atoms with van der Waals surface area (Å²) in [5.41, 5.74) is 0.547. The summed E-state index contributed by atoms with van der Waals surface area (Å²) in [6.45, 7) is 2.21.